The predicted molar refractivity (Wildman–Crippen MR) is 76.6 cm³/mol. The van der Waals surface area contributed by atoms with Gasteiger partial charge in [0.2, 0.25) is 0 Å². The molecule has 104 valence electrons. The van der Waals surface area contributed by atoms with Gasteiger partial charge in [0, 0.05) is 30.4 Å². The highest BCUT2D eigenvalue weighted by Gasteiger charge is 2.24. The van der Waals surface area contributed by atoms with E-state index in [0.29, 0.717) is 16.8 Å². The van der Waals surface area contributed by atoms with Crippen LogP contribution in [0.4, 0.5) is 0 Å². The molecule has 2 rings (SSSR count). The number of likely N-dealkylation sites (tertiary alicyclic amines) is 1. The van der Waals surface area contributed by atoms with E-state index < -0.39 is 0 Å². The molecule has 1 amide bonds. The molecule has 0 N–H and O–H groups in total. The Morgan fingerprint density at radius 2 is 2.00 bits per heavy atom. The van der Waals surface area contributed by atoms with Crippen LogP contribution in [-0.2, 0) is 0 Å². The van der Waals surface area contributed by atoms with Gasteiger partial charge >= 0.3 is 0 Å². The average Bonchev–Trinajstić information content (AvgIpc) is 2.37. The van der Waals surface area contributed by atoms with Gasteiger partial charge in [-0.1, -0.05) is 11.6 Å². The molecule has 5 heteroatoms. The fourth-order valence-corrected chi connectivity index (χ4v) is 2.77. The topological polar surface area (TPSA) is 36.4 Å². The third-order valence-electron chi connectivity index (χ3n) is 3.65. The fraction of sp³-hybridized carbons (Fsp3) is 0.571. The second kappa shape index (κ2) is 5.88. The molecule has 0 spiro atoms. The van der Waals surface area contributed by atoms with Crippen LogP contribution < -0.4 is 0 Å². The van der Waals surface area contributed by atoms with Crippen molar-refractivity contribution in [1.29, 1.82) is 0 Å². The molecule has 1 aliphatic heterocycles. The van der Waals surface area contributed by atoms with Crippen molar-refractivity contribution in [3.63, 3.8) is 0 Å². The molecule has 0 aromatic carbocycles. The van der Waals surface area contributed by atoms with E-state index in [0.717, 1.165) is 31.6 Å². The van der Waals surface area contributed by atoms with Crippen LogP contribution in [0, 0.1) is 6.92 Å². The molecule has 0 atom stereocenters. The Morgan fingerprint density at radius 3 is 2.53 bits per heavy atom. The molecule has 0 radical (unpaired) electrons. The van der Waals surface area contributed by atoms with E-state index in [-0.39, 0.29) is 5.91 Å². The molecule has 1 aromatic rings. The number of halogens is 1. The van der Waals surface area contributed by atoms with Gasteiger partial charge in [0.15, 0.2) is 0 Å². The summed E-state index contributed by atoms with van der Waals surface area (Å²) < 4.78 is 0. The van der Waals surface area contributed by atoms with E-state index in [1.54, 1.807) is 12.1 Å². The molecular weight excluding hydrogens is 262 g/mol. The van der Waals surface area contributed by atoms with Crippen LogP contribution in [-0.4, -0.2) is 53.9 Å². The van der Waals surface area contributed by atoms with Crippen molar-refractivity contribution < 1.29 is 4.79 Å². The van der Waals surface area contributed by atoms with Crippen molar-refractivity contribution in [3.05, 3.63) is 28.5 Å². The lowest BCUT2D eigenvalue weighted by Crippen LogP contribution is -2.44. The van der Waals surface area contributed by atoms with E-state index in [9.17, 15) is 4.79 Å². The van der Waals surface area contributed by atoms with Crippen molar-refractivity contribution in [2.24, 2.45) is 0 Å². The summed E-state index contributed by atoms with van der Waals surface area (Å²) in [5.74, 6) is 0.0598. The Hall–Kier alpha value is -1.13. The first-order chi connectivity index (χ1) is 8.97. The van der Waals surface area contributed by atoms with Crippen LogP contribution >= 0.6 is 11.6 Å². The Morgan fingerprint density at radius 1 is 1.37 bits per heavy atom. The lowest BCUT2D eigenvalue weighted by molar-refractivity contribution is 0.0663. The van der Waals surface area contributed by atoms with Gasteiger partial charge in [-0.2, -0.15) is 0 Å². The quantitative estimate of drug-likeness (QED) is 0.780. The first kappa shape index (κ1) is 14.3. The Bertz CT molecular complexity index is 448. The Labute approximate surface area is 119 Å². The van der Waals surface area contributed by atoms with Crippen LogP contribution in [0.5, 0.6) is 0 Å². The van der Waals surface area contributed by atoms with Gasteiger partial charge in [-0.3, -0.25) is 4.79 Å². The number of amides is 1. The number of aromatic nitrogens is 1. The summed E-state index contributed by atoms with van der Waals surface area (Å²) in [7, 11) is 4.18. The minimum absolute atomic E-state index is 0.0598. The zero-order valence-electron chi connectivity index (χ0n) is 11.7. The standard InChI is InChI=1S/C14H20ClN3O/c1-10-8-11(9-13(15)16-10)14(19)18-6-4-12(5-7-18)17(2)3/h8-9,12H,4-7H2,1-3H3. The maximum absolute atomic E-state index is 12.4. The molecule has 1 aliphatic rings. The second-order valence-corrected chi connectivity index (χ2v) is 5.69. The SMILES string of the molecule is Cc1cc(C(=O)N2CCC(N(C)C)CC2)cc(Cl)n1. The highest BCUT2D eigenvalue weighted by molar-refractivity contribution is 6.29. The van der Waals surface area contributed by atoms with E-state index in [2.05, 4.69) is 24.0 Å². The molecule has 1 fully saturated rings. The summed E-state index contributed by atoms with van der Waals surface area (Å²) in [6.45, 7) is 3.46. The van der Waals surface area contributed by atoms with E-state index in [4.69, 9.17) is 11.6 Å². The number of carbonyl (C=O) groups excluding carboxylic acids is 1. The number of carbonyl (C=O) groups is 1. The molecule has 1 aromatic heterocycles. The number of aryl methyl sites for hydroxylation is 1. The Kier molecular flexibility index (Phi) is 4.42. The van der Waals surface area contributed by atoms with Gasteiger partial charge in [0.05, 0.1) is 0 Å². The molecular formula is C14H20ClN3O. The van der Waals surface area contributed by atoms with Gasteiger partial charge in [0.25, 0.3) is 5.91 Å². The first-order valence-corrected chi connectivity index (χ1v) is 6.95. The number of hydrogen-bond acceptors (Lipinski definition) is 3. The van der Waals surface area contributed by atoms with Crippen LogP contribution in [0.15, 0.2) is 12.1 Å². The monoisotopic (exact) mass is 281 g/mol. The summed E-state index contributed by atoms with van der Waals surface area (Å²) in [6, 6.07) is 4.02. The van der Waals surface area contributed by atoms with Crippen molar-refractivity contribution in [2.45, 2.75) is 25.8 Å². The van der Waals surface area contributed by atoms with Gasteiger partial charge in [0.1, 0.15) is 5.15 Å². The molecule has 0 saturated carbocycles. The maximum Gasteiger partial charge on any atom is 0.254 e. The highest BCUT2D eigenvalue weighted by Crippen LogP contribution is 2.18. The summed E-state index contributed by atoms with van der Waals surface area (Å²) in [6.07, 6.45) is 2.05. The Balaban J connectivity index is 2.05. The minimum Gasteiger partial charge on any atom is -0.339 e. The van der Waals surface area contributed by atoms with Gasteiger partial charge in [-0.25, -0.2) is 4.98 Å². The zero-order valence-corrected chi connectivity index (χ0v) is 12.4. The molecule has 0 unspecified atom stereocenters. The van der Waals surface area contributed by atoms with E-state index in [1.165, 1.54) is 0 Å². The predicted octanol–water partition coefficient (Wildman–Crippen LogP) is 2.21. The van der Waals surface area contributed by atoms with Gasteiger partial charge < -0.3 is 9.80 Å². The fourth-order valence-electron chi connectivity index (χ4n) is 2.52. The number of nitrogens with zero attached hydrogens (tertiary/aromatic N) is 3. The van der Waals surface area contributed by atoms with Crippen molar-refractivity contribution in [3.8, 4) is 0 Å². The lowest BCUT2D eigenvalue weighted by Gasteiger charge is -2.35. The minimum atomic E-state index is 0.0598. The van der Waals surface area contributed by atoms with Crippen LogP contribution in [0.25, 0.3) is 0 Å². The molecule has 1 saturated heterocycles. The normalized spacial score (nSPS) is 17.0. The summed E-state index contributed by atoms with van der Waals surface area (Å²) in [5, 5.41) is 0.381. The van der Waals surface area contributed by atoms with Crippen molar-refractivity contribution in [1.82, 2.24) is 14.8 Å². The number of hydrogen-bond donors (Lipinski definition) is 0. The number of pyridine rings is 1. The van der Waals surface area contributed by atoms with Crippen LogP contribution in [0.2, 0.25) is 5.15 Å². The maximum atomic E-state index is 12.4. The third kappa shape index (κ3) is 3.45. The van der Waals surface area contributed by atoms with Gasteiger partial charge in [-0.05, 0) is 46.0 Å². The first-order valence-electron chi connectivity index (χ1n) is 6.57. The van der Waals surface area contributed by atoms with E-state index in [1.807, 2.05) is 11.8 Å². The third-order valence-corrected chi connectivity index (χ3v) is 3.84. The zero-order chi connectivity index (χ0) is 14.0. The largest absolute Gasteiger partial charge is 0.339 e. The van der Waals surface area contributed by atoms with Crippen LogP contribution in [0.3, 0.4) is 0 Å². The average molecular weight is 282 g/mol. The number of piperidine rings is 1. The summed E-state index contributed by atoms with van der Waals surface area (Å²) in [4.78, 5) is 20.6. The molecule has 19 heavy (non-hydrogen) atoms. The molecule has 2 heterocycles. The second-order valence-electron chi connectivity index (χ2n) is 5.31. The molecule has 0 aliphatic carbocycles. The summed E-state index contributed by atoms with van der Waals surface area (Å²) in [5.41, 5.74) is 1.42. The lowest BCUT2D eigenvalue weighted by atomic mass is 10.0. The van der Waals surface area contributed by atoms with Crippen molar-refractivity contribution >= 4 is 17.5 Å². The highest BCUT2D eigenvalue weighted by atomic mass is 35.5. The number of rotatable bonds is 2. The molecule has 4 nitrogen and oxygen atoms in total. The van der Waals surface area contributed by atoms with Crippen LogP contribution in [0.1, 0.15) is 28.9 Å². The smallest absolute Gasteiger partial charge is 0.254 e. The van der Waals surface area contributed by atoms with Crippen molar-refractivity contribution in [2.75, 3.05) is 27.2 Å². The van der Waals surface area contributed by atoms with E-state index >= 15 is 0 Å². The molecule has 0 bridgehead atoms. The summed E-state index contributed by atoms with van der Waals surface area (Å²) >= 11 is 5.91. The van der Waals surface area contributed by atoms with Gasteiger partial charge in [-0.15, -0.1) is 0 Å².